The van der Waals surface area contributed by atoms with Gasteiger partial charge in [-0.15, -0.1) is 0 Å². The first-order chi connectivity index (χ1) is 10.6. The van der Waals surface area contributed by atoms with Gasteiger partial charge in [-0.2, -0.15) is 0 Å². The summed E-state index contributed by atoms with van der Waals surface area (Å²) in [5, 5.41) is 0. The van der Waals surface area contributed by atoms with Gasteiger partial charge in [0.2, 0.25) is 0 Å². The number of ketones is 1. The predicted molar refractivity (Wildman–Crippen MR) is 86.3 cm³/mol. The summed E-state index contributed by atoms with van der Waals surface area (Å²) in [6.07, 6.45) is 0.747. The van der Waals surface area contributed by atoms with E-state index in [9.17, 15) is 4.79 Å². The molecule has 0 spiro atoms. The molecule has 0 amide bonds. The van der Waals surface area contributed by atoms with Gasteiger partial charge in [-0.25, -0.2) is 0 Å². The average Bonchev–Trinajstić information content (AvgIpc) is 3.16. The molecule has 2 aliphatic rings. The fraction of sp³-hybridized carbons (Fsp3) is 0.250. The number of allylic oxidation sites excluding steroid dienone is 2. The Labute approximate surface area is 130 Å². The number of carbonyl (C=O) groups excluding carboxylic acids is 1. The molecule has 22 heavy (non-hydrogen) atoms. The Bertz CT molecular complexity index is 776. The van der Waals surface area contributed by atoms with Crippen LogP contribution in [0, 0.1) is 0 Å². The Hall–Kier alpha value is -2.35. The summed E-state index contributed by atoms with van der Waals surface area (Å²) in [4.78, 5) is 13.4. The minimum absolute atomic E-state index is 0.191. The molecule has 110 valence electrons. The lowest BCUT2D eigenvalue weighted by Gasteiger charge is -2.31. The molecule has 0 radical (unpaired) electrons. The van der Waals surface area contributed by atoms with Crippen molar-refractivity contribution < 1.29 is 9.53 Å². The van der Waals surface area contributed by atoms with Crippen molar-refractivity contribution >= 4 is 11.4 Å². The first kappa shape index (κ1) is 13.3. The summed E-state index contributed by atoms with van der Waals surface area (Å²) < 4.78 is 6.20. The van der Waals surface area contributed by atoms with Gasteiger partial charge in [0, 0.05) is 6.42 Å². The van der Waals surface area contributed by atoms with Gasteiger partial charge in [-0.05, 0) is 25.0 Å². The number of carbonyl (C=O) groups is 1. The van der Waals surface area contributed by atoms with Crippen molar-refractivity contribution in [2.75, 3.05) is 0 Å². The summed E-state index contributed by atoms with van der Waals surface area (Å²) in [6.45, 7) is 3.95. The highest BCUT2D eigenvalue weighted by Crippen LogP contribution is 2.65. The van der Waals surface area contributed by atoms with E-state index in [1.54, 1.807) is 0 Å². The molecule has 0 saturated heterocycles. The van der Waals surface area contributed by atoms with E-state index in [0.717, 1.165) is 28.9 Å². The largest absolute Gasteiger partial charge is 0.490 e. The Morgan fingerprint density at radius 3 is 2.18 bits per heavy atom. The van der Waals surface area contributed by atoms with Gasteiger partial charge in [0.1, 0.15) is 16.8 Å². The van der Waals surface area contributed by atoms with Crippen LogP contribution >= 0.6 is 0 Å². The van der Waals surface area contributed by atoms with Crippen LogP contribution in [0.25, 0.3) is 5.57 Å². The molecule has 1 saturated carbocycles. The monoisotopic (exact) mass is 290 g/mol. The van der Waals surface area contributed by atoms with E-state index in [4.69, 9.17) is 4.74 Å². The fourth-order valence-corrected chi connectivity index (χ4v) is 3.87. The maximum absolute atomic E-state index is 13.4. The summed E-state index contributed by atoms with van der Waals surface area (Å²) in [5.41, 5.74) is 1.78. The number of Topliss-reactive ketones (excluding diaryl/α,β-unsaturated/α-hetero) is 1. The van der Waals surface area contributed by atoms with Gasteiger partial charge in [0.15, 0.2) is 5.78 Å². The average molecular weight is 290 g/mol. The van der Waals surface area contributed by atoms with E-state index in [0.29, 0.717) is 0 Å². The zero-order chi connectivity index (χ0) is 15.4. The zero-order valence-corrected chi connectivity index (χ0v) is 12.8. The minimum atomic E-state index is -0.529. The van der Waals surface area contributed by atoms with Crippen LogP contribution in [0.4, 0.5) is 0 Å². The van der Waals surface area contributed by atoms with Gasteiger partial charge in [0.25, 0.3) is 0 Å². The molecule has 1 aliphatic carbocycles. The molecule has 4 rings (SSSR count). The molecule has 2 nitrogen and oxygen atoms in total. The number of benzene rings is 2. The van der Waals surface area contributed by atoms with Crippen molar-refractivity contribution in [2.45, 2.75) is 31.3 Å². The third-order valence-electron chi connectivity index (χ3n) is 5.05. The third kappa shape index (κ3) is 1.58. The fourth-order valence-electron chi connectivity index (χ4n) is 3.87. The van der Waals surface area contributed by atoms with Gasteiger partial charge >= 0.3 is 0 Å². The molecule has 1 fully saturated rings. The second-order valence-corrected chi connectivity index (χ2v) is 6.41. The van der Waals surface area contributed by atoms with E-state index in [2.05, 4.69) is 0 Å². The SMILES string of the molecule is CC1=C(c2ccccc2)C(=O)C2(c3ccccc3)CC2(C)O1. The Balaban J connectivity index is 1.87. The Morgan fingerprint density at radius 2 is 1.55 bits per heavy atom. The normalized spacial score (nSPS) is 29.8. The molecule has 2 aromatic carbocycles. The van der Waals surface area contributed by atoms with E-state index < -0.39 is 11.0 Å². The lowest BCUT2D eigenvalue weighted by molar-refractivity contribution is -0.119. The smallest absolute Gasteiger partial charge is 0.181 e. The molecule has 2 unspecified atom stereocenters. The lowest BCUT2D eigenvalue weighted by atomic mass is 9.80. The predicted octanol–water partition coefficient (Wildman–Crippen LogP) is 4.12. The van der Waals surface area contributed by atoms with Gasteiger partial charge < -0.3 is 4.74 Å². The highest BCUT2D eigenvalue weighted by molar-refractivity contribution is 6.28. The van der Waals surface area contributed by atoms with Crippen LogP contribution in [0.15, 0.2) is 66.4 Å². The molecular weight excluding hydrogens is 272 g/mol. The number of ether oxygens (including phenoxy) is 1. The molecule has 2 aromatic rings. The molecule has 1 aliphatic heterocycles. The van der Waals surface area contributed by atoms with Crippen LogP contribution in [0.1, 0.15) is 31.4 Å². The molecule has 1 heterocycles. The first-order valence-corrected chi connectivity index (χ1v) is 7.64. The summed E-state index contributed by atoms with van der Waals surface area (Å²) in [5.74, 6) is 0.930. The van der Waals surface area contributed by atoms with E-state index >= 15 is 0 Å². The zero-order valence-electron chi connectivity index (χ0n) is 12.8. The molecular formula is C20H18O2. The van der Waals surface area contributed by atoms with Crippen molar-refractivity contribution in [1.29, 1.82) is 0 Å². The quantitative estimate of drug-likeness (QED) is 0.831. The minimum Gasteiger partial charge on any atom is -0.490 e. The third-order valence-corrected chi connectivity index (χ3v) is 5.05. The van der Waals surface area contributed by atoms with Gasteiger partial charge in [0.05, 0.1) is 5.57 Å². The second-order valence-electron chi connectivity index (χ2n) is 6.41. The first-order valence-electron chi connectivity index (χ1n) is 7.64. The van der Waals surface area contributed by atoms with Crippen LogP contribution in [-0.2, 0) is 14.9 Å². The van der Waals surface area contributed by atoms with Crippen LogP contribution in [0.5, 0.6) is 0 Å². The van der Waals surface area contributed by atoms with Gasteiger partial charge in [-0.3, -0.25) is 4.79 Å². The lowest BCUT2D eigenvalue weighted by Crippen LogP contribution is -2.37. The summed E-state index contributed by atoms with van der Waals surface area (Å²) in [6, 6.07) is 19.9. The van der Waals surface area contributed by atoms with E-state index in [1.165, 1.54) is 0 Å². The van der Waals surface area contributed by atoms with E-state index in [1.807, 2.05) is 74.5 Å². The maximum Gasteiger partial charge on any atom is 0.181 e. The van der Waals surface area contributed by atoms with Crippen molar-refractivity contribution in [1.82, 2.24) is 0 Å². The second kappa shape index (κ2) is 4.33. The number of hydrogen-bond donors (Lipinski definition) is 0. The Kier molecular flexibility index (Phi) is 2.62. The Morgan fingerprint density at radius 1 is 0.955 bits per heavy atom. The van der Waals surface area contributed by atoms with Crippen molar-refractivity contribution in [3.8, 4) is 0 Å². The molecule has 0 aromatic heterocycles. The summed E-state index contributed by atoms with van der Waals surface area (Å²) in [7, 11) is 0. The highest BCUT2D eigenvalue weighted by atomic mass is 16.5. The van der Waals surface area contributed by atoms with Crippen molar-refractivity contribution in [3.05, 3.63) is 77.5 Å². The number of hydrogen-bond acceptors (Lipinski definition) is 2. The van der Waals surface area contributed by atoms with E-state index in [-0.39, 0.29) is 5.78 Å². The summed E-state index contributed by atoms with van der Waals surface area (Å²) >= 11 is 0. The molecule has 0 N–H and O–H groups in total. The molecule has 2 heteroatoms. The van der Waals surface area contributed by atoms with Crippen molar-refractivity contribution in [2.24, 2.45) is 0 Å². The number of fused-ring (bicyclic) bond motifs is 1. The van der Waals surface area contributed by atoms with Crippen LogP contribution in [-0.4, -0.2) is 11.4 Å². The molecule has 2 atom stereocenters. The number of rotatable bonds is 2. The standard InChI is InChI=1S/C20H18O2/c1-14-17(15-9-5-3-6-10-15)18(21)20(13-19(20,2)22-14)16-11-7-4-8-12-16/h3-12H,13H2,1-2H3. The highest BCUT2D eigenvalue weighted by Gasteiger charge is 2.74. The van der Waals surface area contributed by atoms with Crippen LogP contribution < -0.4 is 0 Å². The van der Waals surface area contributed by atoms with Crippen molar-refractivity contribution in [3.63, 3.8) is 0 Å². The topological polar surface area (TPSA) is 26.3 Å². The van der Waals surface area contributed by atoms with Crippen LogP contribution in [0.3, 0.4) is 0 Å². The van der Waals surface area contributed by atoms with Crippen LogP contribution in [0.2, 0.25) is 0 Å². The van der Waals surface area contributed by atoms with Gasteiger partial charge in [-0.1, -0.05) is 60.7 Å². The molecule has 0 bridgehead atoms. The maximum atomic E-state index is 13.4.